The zero-order valence-electron chi connectivity index (χ0n) is 22.8. The van der Waals surface area contributed by atoms with Crippen LogP contribution in [0.25, 0.3) is 11.5 Å². The fourth-order valence-corrected chi connectivity index (χ4v) is 4.80. The van der Waals surface area contributed by atoms with E-state index in [1.165, 1.54) is 13.8 Å². The summed E-state index contributed by atoms with van der Waals surface area (Å²) in [5, 5.41) is 7.53. The molecule has 0 spiro atoms. The zero-order chi connectivity index (χ0) is 30.4. The monoisotopic (exact) mass is 600 g/mol. The molecule has 0 unspecified atom stereocenters. The minimum Gasteiger partial charge on any atom is -0.457 e. The molecule has 0 bridgehead atoms. The molecule has 3 aromatic carbocycles. The first-order valence-electron chi connectivity index (χ1n) is 12.8. The summed E-state index contributed by atoms with van der Waals surface area (Å²) in [6.45, 7) is 2.51. The maximum Gasteiger partial charge on any atom is 0.277 e. The number of halogens is 3. The molecule has 1 atom stereocenters. The maximum atomic E-state index is 15.3. The molecule has 0 saturated heterocycles. The molecular weight excluding hydrogens is 573 g/mol. The zero-order valence-corrected chi connectivity index (χ0v) is 23.7. The van der Waals surface area contributed by atoms with E-state index in [4.69, 9.17) is 14.9 Å². The molecule has 220 valence electrons. The van der Waals surface area contributed by atoms with Crippen molar-refractivity contribution in [1.82, 2.24) is 10.2 Å². The van der Waals surface area contributed by atoms with Crippen LogP contribution in [0.5, 0.6) is 11.5 Å². The molecule has 0 aliphatic carbocycles. The standard InChI is InChI=1S/C29H27F3N4O5S/c1-28(2,42(3,38)39)27-35-34-25(41-27)20-13-24-21(14-22(20)30)29(31,32)15-23(33)26(37)36(24)16-17-9-11-19(12-10-17)40-18-7-5-4-6-8-18/h4-14,23H,15-16,33H2,1-3H3/t23-/m1/s1. The van der Waals surface area contributed by atoms with Crippen LogP contribution in [0.2, 0.25) is 0 Å². The average Bonchev–Trinajstić information content (AvgIpc) is 3.41. The van der Waals surface area contributed by atoms with Crippen LogP contribution >= 0.6 is 0 Å². The number of amides is 1. The Bertz CT molecular complexity index is 1740. The summed E-state index contributed by atoms with van der Waals surface area (Å²) in [7, 11) is -3.71. The van der Waals surface area contributed by atoms with E-state index in [1.807, 2.05) is 18.2 Å². The molecule has 1 aliphatic heterocycles. The number of fused-ring (bicyclic) bond motifs is 1. The van der Waals surface area contributed by atoms with Crippen LogP contribution in [0, 0.1) is 5.82 Å². The van der Waals surface area contributed by atoms with E-state index in [9.17, 15) is 13.2 Å². The normalized spacial score (nSPS) is 17.1. The van der Waals surface area contributed by atoms with Crippen LogP contribution in [-0.2, 0) is 31.8 Å². The Morgan fingerprint density at radius 2 is 1.71 bits per heavy atom. The lowest BCUT2D eigenvalue weighted by Gasteiger charge is -2.25. The van der Waals surface area contributed by atoms with Crippen molar-refractivity contribution in [2.75, 3.05) is 11.2 Å². The van der Waals surface area contributed by atoms with Crippen molar-refractivity contribution in [3.63, 3.8) is 0 Å². The number of rotatable bonds is 7. The Hall–Kier alpha value is -4.23. The molecule has 4 aromatic rings. The Morgan fingerprint density at radius 3 is 2.36 bits per heavy atom. The van der Waals surface area contributed by atoms with Crippen LogP contribution in [0.4, 0.5) is 18.9 Å². The van der Waals surface area contributed by atoms with E-state index in [2.05, 4.69) is 10.2 Å². The molecule has 2 N–H and O–H groups in total. The summed E-state index contributed by atoms with van der Waals surface area (Å²) in [5.41, 5.74) is 5.04. The Kier molecular flexibility index (Phi) is 7.35. The van der Waals surface area contributed by atoms with Gasteiger partial charge in [0.15, 0.2) is 9.84 Å². The summed E-state index contributed by atoms with van der Waals surface area (Å²) in [6, 6.07) is 15.8. The summed E-state index contributed by atoms with van der Waals surface area (Å²) in [6.07, 6.45) is -0.0414. The molecule has 0 saturated carbocycles. The minimum atomic E-state index is -3.71. The van der Waals surface area contributed by atoms with Crippen LogP contribution in [0.15, 0.2) is 71.1 Å². The van der Waals surface area contributed by atoms with Crippen molar-refractivity contribution >= 4 is 21.4 Å². The third-order valence-electron chi connectivity index (χ3n) is 7.17. The maximum absolute atomic E-state index is 15.3. The molecule has 42 heavy (non-hydrogen) atoms. The first kappa shape index (κ1) is 29.3. The van der Waals surface area contributed by atoms with Gasteiger partial charge in [-0.05, 0) is 55.8 Å². The predicted octanol–water partition coefficient (Wildman–Crippen LogP) is 5.30. The number of aromatic nitrogens is 2. The highest BCUT2D eigenvalue weighted by molar-refractivity contribution is 7.91. The summed E-state index contributed by atoms with van der Waals surface area (Å²) < 4.78 is 80.0. The number of alkyl halides is 2. The number of carbonyl (C=O) groups is 1. The number of para-hydroxylation sites is 1. The van der Waals surface area contributed by atoms with Gasteiger partial charge in [-0.3, -0.25) is 4.79 Å². The van der Waals surface area contributed by atoms with Crippen molar-refractivity contribution in [2.24, 2.45) is 5.73 Å². The van der Waals surface area contributed by atoms with Gasteiger partial charge in [-0.15, -0.1) is 10.2 Å². The van der Waals surface area contributed by atoms with Gasteiger partial charge in [-0.25, -0.2) is 21.6 Å². The molecule has 0 radical (unpaired) electrons. The number of benzene rings is 3. The summed E-state index contributed by atoms with van der Waals surface area (Å²) >= 11 is 0. The van der Waals surface area contributed by atoms with Gasteiger partial charge >= 0.3 is 0 Å². The van der Waals surface area contributed by atoms with Gasteiger partial charge in [0.05, 0.1) is 23.8 Å². The molecule has 13 heteroatoms. The van der Waals surface area contributed by atoms with Crippen LogP contribution in [0.1, 0.15) is 37.3 Å². The number of ether oxygens (including phenoxy) is 1. The lowest BCUT2D eigenvalue weighted by atomic mass is 9.99. The Balaban J connectivity index is 1.54. The first-order valence-corrected chi connectivity index (χ1v) is 14.7. The lowest BCUT2D eigenvalue weighted by Crippen LogP contribution is -2.43. The summed E-state index contributed by atoms with van der Waals surface area (Å²) in [4.78, 5) is 14.4. The van der Waals surface area contributed by atoms with Gasteiger partial charge in [0.2, 0.25) is 11.8 Å². The molecule has 1 aliphatic rings. The molecule has 1 aromatic heterocycles. The predicted molar refractivity (Wildman–Crippen MR) is 148 cm³/mol. The largest absolute Gasteiger partial charge is 0.457 e. The van der Waals surface area contributed by atoms with Crippen molar-refractivity contribution in [3.05, 3.63) is 89.6 Å². The van der Waals surface area contributed by atoms with E-state index in [-0.39, 0.29) is 23.7 Å². The van der Waals surface area contributed by atoms with E-state index in [1.54, 1.807) is 36.4 Å². The molecule has 1 amide bonds. The van der Waals surface area contributed by atoms with E-state index in [0.29, 0.717) is 23.1 Å². The van der Waals surface area contributed by atoms with Gasteiger partial charge in [0.25, 0.3) is 11.8 Å². The highest BCUT2D eigenvalue weighted by Crippen LogP contribution is 2.45. The van der Waals surface area contributed by atoms with Gasteiger partial charge in [-0.1, -0.05) is 30.3 Å². The minimum absolute atomic E-state index is 0.164. The van der Waals surface area contributed by atoms with Crippen molar-refractivity contribution in [2.45, 2.75) is 43.5 Å². The van der Waals surface area contributed by atoms with Gasteiger partial charge in [0, 0.05) is 18.2 Å². The highest BCUT2D eigenvalue weighted by atomic mass is 32.2. The second kappa shape index (κ2) is 10.6. The lowest BCUT2D eigenvalue weighted by molar-refractivity contribution is -0.122. The Morgan fingerprint density at radius 1 is 1.07 bits per heavy atom. The summed E-state index contributed by atoms with van der Waals surface area (Å²) in [5.74, 6) is -5.16. The smallest absolute Gasteiger partial charge is 0.277 e. The number of hydrogen-bond donors (Lipinski definition) is 1. The second-order valence-corrected chi connectivity index (χ2v) is 13.1. The van der Waals surface area contributed by atoms with Crippen LogP contribution < -0.4 is 15.4 Å². The van der Waals surface area contributed by atoms with E-state index in [0.717, 1.165) is 17.2 Å². The molecule has 0 fully saturated rings. The number of nitrogens with zero attached hydrogens (tertiary/aromatic N) is 3. The number of sulfone groups is 1. The second-order valence-electron chi connectivity index (χ2n) is 10.5. The van der Waals surface area contributed by atoms with Crippen LogP contribution in [0.3, 0.4) is 0 Å². The van der Waals surface area contributed by atoms with Crippen molar-refractivity contribution in [1.29, 1.82) is 0 Å². The van der Waals surface area contributed by atoms with E-state index < -0.39 is 56.1 Å². The highest BCUT2D eigenvalue weighted by Gasteiger charge is 2.45. The average molecular weight is 601 g/mol. The fraction of sp³-hybridized carbons (Fsp3) is 0.276. The number of hydrogen-bond acceptors (Lipinski definition) is 8. The third kappa shape index (κ3) is 5.49. The first-order chi connectivity index (χ1) is 19.7. The van der Waals surface area contributed by atoms with E-state index >= 15 is 13.2 Å². The van der Waals surface area contributed by atoms with Crippen molar-refractivity contribution in [3.8, 4) is 23.0 Å². The van der Waals surface area contributed by atoms with Gasteiger partial charge < -0.3 is 19.8 Å². The third-order valence-corrected chi connectivity index (χ3v) is 9.20. The quantitative estimate of drug-likeness (QED) is 0.303. The fourth-order valence-electron chi connectivity index (χ4n) is 4.40. The Labute approximate surface area is 240 Å². The number of carbonyl (C=O) groups excluding carboxylic acids is 1. The van der Waals surface area contributed by atoms with Crippen molar-refractivity contribution < 1.29 is 35.5 Å². The molecular formula is C29H27F3N4O5S. The molecule has 5 rings (SSSR count). The number of nitrogens with two attached hydrogens (primary N) is 1. The van der Waals surface area contributed by atoms with Gasteiger partial charge in [-0.2, -0.15) is 0 Å². The topological polar surface area (TPSA) is 129 Å². The SMILES string of the molecule is CC(C)(c1nnc(-c2cc3c(cc2F)C(F)(F)C[C@@H](N)C(=O)N3Cc2ccc(Oc3ccccc3)cc2)o1)S(C)(=O)=O. The van der Waals surface area contributed by atoms with Gasteiger partial charge in [0.1, 0.15) is 22.1 Å². The van der Waals surface area contributed by atoms with Crippen LogP contribution in [-0.4, -0.2) is 36.8 Å². The molecule has 2 heterocycles. The number of anilines is 1. The molecule has 9 nitrogen and oxygen atoms in total.